The number of amides is 1. The predicted octanol–water partition coefficient (Wildman–Crippen LogP) is 3.42. The molecule has 0 aliphatic carbocycles. The molecule has 1 N–H and O–H groups in total. The molecule has 0 radical (unpaired) electrons. The van der Waals surface area contributed by atoms with Crippen molar-refractivity contribution < 1.29 is 27.8 Å². The Morgan fingerprint density at radius 2 is 1.83 bits per heavy atom. The Hall–Kier alpha value is -2.67. The molecule has 2 aromatic carbocycles. The first kappa shape index (κ1) is 17.7. The summed E-state index contributed by atoms with van der Waals surface area (Å²) in [4.78, 5) is 23.4. The highest BCUT2D eigenvalue weighted by Gasteiger charge is 2.19. The van der Waals surface area contributed by atoms with Crippen LogP contribution in [0.25, 0.3) is 0 Å². The third-order valence-electron chi connectivity index (χ3n) is 2.94. The number of hydrogen-bond donors (Lipinski definition) is 1. The Balaban J connectivity index is 1.96. The third-order valence-corrected chi connectivity index (χ3v) is 3.23. The second-order valence-electron chi connectivity index (χ2n) is 4.57. The highest BCUT2D eigenvalue weighted by Crippen LogP contribution is 2.27. The molecular formula is C16H12ClF2NO4. The summed E-state index contributed by atoms with van der Waals surface area (Å²) in [6.45, 7) is -0.712. The minimum atomic E-state index is -1.27. The number of ether oxygens (including phenoxy) is 2. The number of esters is 1. The van der Waals surface area contributed by atoms with E-state index in [0.29, 0.717) is 11.4 Å². The zero-order valence-electron chi connectivity index (χ0n) is 12.4. The van der Waals surface area contributed by atoms with Crippen LogP contribution in [0.4, 0.5) is 14.5 Å². The van der Waals surface area contributed by atoms with Gasteiger partial charge in [0.1, 0.15) is 22.9 Å². The van der Waals surface area contributed by atoms with E-state index >= 15 is 0 Å². The zero-order valence-corrected chi connectivity index (χ0v) is 13.2. The van der Waals surface area contributed by atoms with Crippen molar-refractivity contribution in [3.63, 3.8) is 0 Å². The van der Waals surface area contributed by atoms with Crippen LogP contribution in [0.5, 0.6) is 5.75 Å². The van der Waals surface area contributed by atoms with Crippen LogP contribution in [-0.4, -0.2) is 25.6 Å². The van der Waals surface area contributed by atoms with Crippen molar-refractivity contribution in [3.05, 3.63) is 58.6 Å². The van der Waals surface area contributed by atoms with E-state index in [0.717, 1.165) is 18.2 Å². The number of halogens is 3. The molecule has 0 bridgehead atoms. The van der Waals surface area contributed by atoms with Crippen LogP contribution >= 0.6 is 11.6 Å². The molecule has 0 heterocycles. The molecule has 24 heavy (non-hydrogen) atoms. The topological polar surface area (TPSA) is 64.6 Å². The fraction of sp³-hybridized carbons (Fsp3) is 0.125. The average molecular weight is 356 g/mol. The molecule has 8 heteroatoms. The van der Waals surface area contributed by atoms with Crippen LogP contribution in [0.1, 0.15) is 10.4 Å². The van der Waals surface area contributed by atoms with Gasteiger partial charge in [0.25, 0.3) is 5.91 Å². The van der Waals surface area contributed by atoms with Gasteiger partial charge in [-0.25, -0.2) is 13.6 Å². The van der Waals surface area contributed by atoms with Crippen LogP contribution in [0.15, 0.2) is 36.4 Å². The summed E-state index contributed by atoms with van der Waals surface area (Å²) < 4.78 is 36.4. The fourth-order valence-electron chi connectivity index (χ4n) is 1.84. The molecule has 0 atom stereocenters. The number of carbonyl (C=O) groups is 2. The van der Waals surface area contributed by atoms with E-state index < -0.39 is 35.7 Å². The van der Waals surface area contributed by atoms with E-state index in [9.17, 15) is 18.4 Å². The van der Waals surface area contributed by atoms with Crippen molar-refractivity contribution in [2.24, 2.45) is 0 Å². The van der Waals surface area contributed by atoms with E-state index in [1.165, 1.54) is 19.2 Å². The van der Waals surface area contributed by atoms with E-state index in [4.69, 9.17) is 16.3 Å². The van der Waals surface area contributed by atoms with Gasteiger partial charge >= 0.3 is 5.97 Å². The number of rotatable bonds is 5. The summed E-state index contributed by atoms with van der Waals surface area (Å²) in [6, 6.07) is 7.45. The SMILES string of the molecule is COc1ccc(NC(=O)COC(=O)c2c(F)cccc2F)cc1Cl. The first-order valence-corrected chi connectivity index (χ1v) is 7.04. The van der Waals surface area contributed by atoms with Gasteiger partial charge in [-0.2, -0.15) is 0 Å². The highest BCUT2D eigenvalue weighted by molar-refractivity contribution is 6.32. The number of carbonyl (C=O) groups excluding carboxylic acids is 2. The lowest BCUT2D eigenvalue weighted by molar-refractivity contribution is -0.119. The van der Waals surface area contributed by atoms with E-state index in [-0.39, 0.29) is 5.02 Å². The maximum absolute atomic E-state index is 13.4. The first-order chi connectivity index (χ1) is 11.4. The van der Waals surface area contributed by atoms with Crippen molar-refractivity contribution in [2.45, 2.75) is 0 Å². The first-order valence-electron chi connectivity index (χ1n) is 6.67. The highest BCUT2D eigenvalue weighted by atomic mass is 35.5. The van der Waals surface area contributed by atoms with Gasteiger partial charge in [-0.05, 0) is 30.3 Å². The van der Waals surface area contributed by atoms with Crippen molar-refractivity contribution in [3.8, 4) is 5.75 Å². The molecular weight excluding hydrogens is 344 g/mol. The molecule has 2 rings (SSSR count). The summed E-state index contributed by atoms with van der Waals surface area (Å²) in [5, 5.41) is 2.70. The Morgan fingerprint density at radius 1 is 1.17 bits per heavy atom. The lowest BCUT2D eigenvalue weighted by Crippen LogP contribution is -2.22. The van der Waals surface area contributed by atoms with E-state index in [1.54, 1.807) is 6.07 Å². The zero-order chi connectivity index (χ0) is 17.7. The van der Waals surface area contributed by atoms with Crippen molar-refractivity contribution in [1.29, 1.82) is 0 Å². The van der Waals surface area contributed by atoms with Crippen LogP contribution in [0.2, 0.25) is 5.02 Å². The van der Waals surface area contributed by atoms with Gasteiger partial charge in [0.2, 0.25) is 0 Å². The molecule has 2 aromatic rings. The summed E-state index contributed by atoms with van der Waals surface area (Å²) in [7, 11) is 1.45. The van der Waals surface area contributed by atoms with Crippen LogP contribution in [0, 0.1) is 11.6 Å². The molecule has 0 unspecified atom stereocenters. The van der Waals surface area contributed by atoms with Gasteiger partial charge in [-0.15, -0.1) is 0 Å². The number of methoxy groups -OCH3 is 1. The smallest absolute Gasteiger partial charge is 0.344 e. The quantitative estimate of drug-likeness (QED) is 0.835. The molecule has 0 spiro atoms. The van der Waals surface area contributed by atoms with Crippen LogP contribution in [-0.2, 0) is 9.53 Å². The van der Waals surface area contributed by atoms with Gasteiger partial charge < -0.3 is 14.8 Å². The summed E-state index contributed by atoms with van der Waals surface area (Å²) in [5.41, 5.74) is -0.503. The monoisotopic (exact) mass is 355 g/mol. The minimum absolute atomic E-state index is 0.278. The van der Waals surface area contributed by atoms with E-state index in [2.05, 4.69) is 10.1 Å². The maximum Gasteiger partial charge on any atom is 0.344 e. The maximum atomic E-state index is 13.4. The van der Waals surface area contributed by atoms with Crippen molar-refractivity contribution in [1.82, 2.24) is 0 Å². The van der Waals surface area contributed by atoms with E-state index in [1.807, 2.05) is 0 Å². The Labute approximate surface area is 141 Å². The lowest BCUT2D eigenvalue weighted by atomic mass is 10.2. The van der Waals surface area contributed by atoms with Crippen molar-refractivity contribution >= 4 is 29.2 Å². The van der Waals surface area contributed by atoms with Gasteiger partial charge in [0.05, 0.1) is 12.1 Å². The molecule has 126 valence electrons. The van der Waals surface area contributed by atoms with Gasteiger partial charge in [-0.3, -0.25) is 4.79 Å². The number of anilines is 1. The van der Waals surface area contributed by atoms with Gasteiger partial charge in [-0.1, -0.05) is 17.7 Å². The Kier molecular flexibility index (Phi) is 5.70. The van der Waals surface area contributed by atoms with Gasteiger partial charge in [0.15, 0.2) is 6.61 Å². The fourth-order valence-corrected chi connectivity index (χ4v) is 2.09. The number of nitrogens with one attached hydrogen (secondary N) is 1. The minimum Gasteiger partial charge on any atom is -0.495 e. The summed E-state index contributed by atoms with van der Waals surface area (Å²) in [6.07, 6.45) is 0. The normalized spacial score (nSPS) is 10.2. The summed E-state index contributed by atoms with van der Waals surface area (Å²) >= 11 is 5.91. The molecule has 0 aromatic heterocycles. The molecule has 0 saturated carbocycles. The Morgan fingerprint density at radius 3 is 2.42 bits per heavy atom. The second-order valence-corrected chi connectivity index (χ2v) is 4.98. The summed E-state index contributed by atoms with van der Waals surface area (Å²) in [5.74, 6) is -3.67. The second kappa shape index (κ2) is 7.74. The predicted molar refractivity (Wildman–Crippen MR) is 83.3 cm³/mol. The van der Waals surface area contributed by atoms with Crippen molar-refractivity contribution in [2.75, 3.05) is 19.0 Å². The molecule has 1 amide bonds. The third kappa shape index (κ3) is 4.20. The molecule has 5 nitrogen and oxygen atoms in total. The van der Waals surface area contributed by atoms with Gasteiger partial charge in [0, 0.05) is 5.69 Å². The Bertz CT molecular complexity index is 762. The number of benzene rings is 2. The molecule has 0 aliphatic heterocycles. The average Bonchev–Trinajstić information content (AvgIpc) is 2.53. The van der Waals surface area contributed by atoms with Crippen LogP contribution < -0.4 is 10.1 Å². The number of hydrogen-bond acceptors (Lipinski definition) is 4. The largest absolute Gasteiger partial charge is 0.495 e. The molecule has 0 fully saturated rings. The molecule has 0 aliphatic rings. The van der Waals surface area contributed by atoms with Crippen LogP contribution in [0.3, 0.4) is 0 Å². The lowest BCUT2D eigenvalue weighted by Gasteiger charge is -2.09. The molecule has 0 saturated heterocycles. The standard InChI is InChI=1S/C16H12ClF2NO4/c1-23-13-6-5-9(7-10(13)17)20-14(21)8-24-16(22)15-11(18)3-2-4-12(15)19/h2-7H,8H2,1H3,(H,20,21).